The number of rotatable bonds is 11. The van der Waals surface area contributed by atoms with Gasteiger partial charge in [-0.1, -0.05) is 0 Å². The number of carboxylic acid groups (broad SMARTS) is 4. The number of carbonyl (C=O) groups excluding carboxylic acids is 4. The van der Waals surface area contributed by atoms with Crippen LogP contribution < -0.4 is 41.7 Å². The lowest BCUT2D eigenvalue weighted by molar-refractivity contribution is -0.391. The summed E-state index contributed by atoms with van der Waals surface area (Å²) in [6.45, 7) is 30.6. The van der Waals surface area contributed by atoms with Crippen LogP contribution in [-0.4, -0.2) is 68.2 Å². The van der Waals surface area contributed by atoms with Crippen LogP contribution in [0.2, 0.25) is 0 Å². The Morgan fingerprint density at radius 1 is 0.411 bits per heavy atom. The first kappa shape index (κ1) is 46.4. The van der Waals surface area contributed by atoms with Crippen molar-refractivity contribution in [3.63, 3.8) is 0 Å². The number of hydrogen-bond acceptors (Lipinski definition) is 12. The van der Waals surface area contributed by atoms with Crippen LogP contribution in [0.4, 0.5) is 0 Å². The van der Waals surface area contributed by atoms with Crippen molar-refractivity contribution in [1.82, 2.24) is 21.3 Å². The van der Waals surface area contributed by atoms with Crippen LogP contribution in [0.25, 0.3) is 0 Å². The Kier molecular flexibility index (Phi) is 11.5. The van der Waals surface area contributed by atoms with Crippen molar-refractivity contribution >= 4 is 23.9 Å². The summed E-state index contributed by atoms with van der Waals surface area (Å²) in [4.78, 5) is 59.5. The molecule has 4 rings (SSSR count). The first-order chi connectivity index (χ1) is 24.8. The molecular weight excluding hydrogens is 713 g/mol. The number of piperidine rings is 4. The van der Waals surface area contributed by atoms with E-state index in [1.54, 1.807) is 0 Å². The van der Waals surface area contributed by atoms with Crippen molar-refractivity contribution in [3.05, 3.63) is 0 Å². The minimum Gasteiger partial charge on any atom is -0.550 e. The average Bonchev–Trinajstić information content (AvgIpc) is 2.86. The molecule has 12 heteroatoms. The highest BCUT2D eigenvalue weighted by molar-refractivity contribution is 5.94. The van der Waals surface area contributed by atoms with Gasteiger partial charge in [0.1, 0.15) is 0 Å². The van der Waals surface area contributed by atoms with Crippen LogP contribution in [0.15, 0.2) is 0 Å². The number of nitrogens with one attached hydrogen (secondary N) is 4. The molecule has 0 aromatic carbocycles. The predicted octanol–water partition coefficient (Wildman–Crippen LogP) is 1.56. The summed E-state index contributed by atoms with van der Waals surface area (Å²) < 4.78 is 0. The molecule has 0 amide bonds. The quantitative estimate of drug-likeness (QED) is 0.235. The van der Waals surface area contributed by atoms with E-state index in [-0.39, 0.29) is 51.4 Å². The van der Waals surface area contributed by atoms with Crippen LogP contribution in [0, 0.1) is 39.9 Å². The molecule has 4 saturated heterocycles. The number of hydrogen-bond donors (Lipinski definition) is 4. The predicted molar refractivity (Wildman–Crippen MR) is 208 cm³/mol. The molecule has 2 unspecified atom stereocenters. The maximum absolute atomic E-state index is 15.5. The van der Waals surface area contributed by atoms with Gasteiger partial charge < -0.3 is 60.9 Å². The Morgan fingerprint density at radius 2 is 0.661 bits per heavy atom. The van der Waals surface area contributed by atoms with E-state index in [0.29, 0.717) is 0 Å². The smallest absolute Gasteiger partial charge is 0.0498 e. The number of carboxylic acids is 4. The van der Waals surface area contributed by atoms with Gasteiger partial charge in [-0.05, 0) is 192 Å². The highest BCUT2D eigenvalue weighted by atomic mass is 16.4. The fraction of sp³-hybridized carbons (Fsp3) is 0.909. The summed E-state index contributed by atoms with van der Waals surface area (Å²) in [5.41, 5.74) is -14.5. The number of carbonyl (C=O) groups is 4. The van der Waals surface area contributed by atoms with E-state index in [1.165, 1.54) is 0 Å². The maximum Gasteiger partial charge on any atom is 0.0498 e. The van der Waals surface area contributed by atoms with Gasteiger partial charge in [0.05, 0.1) is 0 Å². The monoisotopic (exact) mass is 787 g/mol. The zero-order valence-corrected chi connectivity index (χ0v) is 37.4. The van der Waals surface area contributed by atoms with E-state index in [4.69, 9.17) is 0 Å². The molecule has 0 radical (unpaired) electrons. The fourth-order valence-corrected chi connectivity index (χ4v) is 14.9. The molecule has 0 saturated carbocycles. The van der Waals surface area contributed by atoms with Crippen LogP contribution in [0.5, 0.6) is 0 Å². The van der Waals surface area contributed by atoms with E-state index in [1.807, 2.05) is 111 Å². The van der Waals surface area contributed by atoms with Crippen LogP contribution in [0.3, 0.4) is 0 Å². The molecule has 0 aliphatic carbocycles. The van der Waals surface area contributed by atoms with Gasteiger partial charge in [-0.15, -0.1) is 0 Å². The lowest BCUT2D eigenvalue weighted by Crippen LogP contribution is -2.82. The molecule has 4 aliphatic heterocycles. The van der Waals surface area contributed by atoms with Gasteiger partial charge in [-0.2, -0.15) is 0 Å². The maximum atomic E-state index is 15.5. The van der Waals surface area contributed by atoms with Crippen molar-refractivity contribution in [2.75, 3.05) is 0 Å². The Bertz CT molecular complexity index is 1480. The first-order valence-corrected chi connectivity index (χ1v) is 20.8. The van der Waals surface area contributed by atoms with Gasteiger partial charge in [-0.3, -0.25) is 0 Å². The molecule has 12 nitrogen and oxygen atoms in total. The third kappa shape index (κ3) is 8.29. The summed E-state index contributed by atoms with van der Waals surface area (Å²) in [6, 6.07) is 0. The highest BCUT2D eigenvalue weighted by Gasteiger charge is 2.76. The molecular formula is C44H74N4O8-4. The highest BCUT2D eigenvalue weighted by Crippen LogP contribution is 2.73. The summed E-state index contributed by atoms with van der Waals surface area (Å²) in [6.07, 6.45) is -0.558. The van der Waals surface area contributed by atoms with Gasteiger partial charge in [-0.25, -0.2) is 0 Å². The summed E-state index contributed by atoms with van der Waals surface area (Å²) >= 11 is 0. The van der Waals surface area contributed by atoms with E-state index >= 15 is 19.8 Å². The summed E-state index contributed by atoms with van der Waals surface area (Å²) in [5.74, 6) is -11.7. The zero-order valence-electron chi connectivity index (χ0n) is 37.4. The van der Waals surface area contributed by atoms with Crippen molar-refractivity contribution < 1.29 is 39.6 Å². The second kappa shape index (κ2) is 13.9. The molecule has 4 aliphatic rings. The van der Waals surface area contributed by atoms with Gasteiger partial charge in [0.2, 0.25) is 0 Å². The Hall–Kier alpha value is -2.28. The minimum absolute atomic E-state index is 0.0226. The number of aliphatic carboxylic acids is 4. The van der Waals surface area contributed by atoms with Crippen molar-refractivity contribution in [3.8, 4) is 0 Å². The van der Waals surface area contributed by atoms with Gasteiger partial charge >= 0.3 is 0 Å². The summed E-state index contributed by atoms with van der Waals surface area (Å²) in [5, 5.41) is 73.9. The fourth-order valence-electron chi connectivity index (χ4n) is 14.9. The van der Waals surface area contributed by atoms with E-state index in [2.05, 4.69) is 21.3 Å². The van der Waals surface area contributed by atoms with Crippen LogP contribution >= 0.6 is 0 Å². The second-order valence-corrected chi connectivity index (χ2v) is 24.1. The molecule has 4 fully saturated rings. The standard InChI is InChI=1S/C44H78N4O8/c1-34(2)17-26(18-35(3,4)45-34)42(31(51)52,25-30(49)50)44(33(55)56,29-23-40(13,14)48-41(15,16)24-29)43(32(53)54,27-19-36(5,6)46-37(7,8)20-27)28-21-38(9,10)47-39(11,12)22-28/h26-29,45-48H,17-25H2,1-16H3,(H,49,50)(H,51,52)(H,53,54)(H,55,56)/p-4. The van der Waals surface area contributed by atoms with E-state index < -0.39 is 115 Å². The average molecular weight is 787 g/mol. The van der Waals surface area contributed by atoms with Gasteiger partial charge in [0.25, 0.3) is 0 Å². The SMILES string of the molecule is CC1(C)CC(C(CC(=O)[O-])(C(=O)[O-])C(C(=O)[O-])(C2CC(C)(C)NC(C)(C)C2)C(C(=O)[O-])(C2CC(C)(C)NC(C)(C)C2)C2CC(C)(C)NC(C)(C)C2)CC(C)(C)N1. The molecule has 0 spiro atoms. The van der Waals surface area contributed by atoms with Gasteiger partial charge in [0.15, 0.2) is 0 Å². The molecule has 0 aromatic rings. The molecule has 4 heterocycles. The molecule has 0 aromatic heterocycles. The third-order valence-electron chi connectivity index (χ3n) is 14.2. The van der Waals surface area contributed by atoms with Crippen molar-refractivity contribution in [1.29, 1.82) is 0 Å². The van der Waals surface area contributed by atoms with E-state index in [9.17, 15) is 19.8 Å². The lowest BCUT2D eigenvalue weighted by atomic mass is 9.32. The largest absolute Gasteiger partial charge is 0.550 e. The first-order valence-electron chi connectivity index (χ1n) is 20.8. The van der Waals surface area contributed by atoms with Crippen LogP contribution in [-0.2, 0) is 19.2 Å². The Balaban J connectivity index is 2.44. The van der Waals surface area contributed by atoms with Crippen molar-refractivity contribution in [2.45, 2.75) is 213 Å². The van der Waals surface area contributed by atoms with Gasteiger partial charge in [0, 0.05) is 84.4 Å². The second-order valence-electron chi connectivity index (χ2n) is 24.1. The molecule has 322 valence electrons. The van der Waals surface area contributed by atoms with E-state index in [0.717, 1.165) is 0 Å². The Morgan fingerprint density at radius 3 is 0.875 bits per heavy atom. The molecule has 4 N–H and O–H groups in total. The molecule has 0 bridgehead atoms. The Labute approximate surface area is 336 Å². The topological polar surface area (TPSA) is 209 Å². The minimum atomic E-state index is -2.90. The van der Waals surface area contributed by atoms with Crippen LogP contribution in [0.1, 0.15) is 169 Å². The zero-order chi connectivity index (χ0) is 43.3. The molecule has 2 atom stereocenters. The van der Waals surface area contributed by atoms with Crippen molar-refractivity contribution in [2.24, 2.45) is 39.9 Å². The lowest BCUT2D eigenvalue weighted by Gasteiger charge is -2.74. The normalized spacial score (nSPS) is 29.6. The third-order valence-corrected chi connectivity index (χ3v) is 14.2. The summed E-state index contributed by atoms with van der Waals surface area (Å²) in [7, 11) is 0. The molecule has 56 heavy (non-hydrogen) atoms.